The molecule has 0 spiro atoms. The fourth-order valence-electron chi connectivity index (χ4n) is 3.22. The van der Waals surface area contributed by atoms with Crippen molar-refractivity contribution < 1.29 is 14.3 Å². The van der Waals surface area contributed by atoms with Crippen LogP contribution in [0.25, 0.3) is 0 Å². The molecule has 0 radical (unpaired) electrons. The van der Waals surface area contributed by atoms with Crippen LogP contribution < -0.4 is 10.1 Å². The summed E-state index contributed by atoms with van der Waals surface area (Å²) in [5, 5.41) is 3.02. The number of aryl methyl sites for hydroxylation is 1. The van der Waals surface area contributed by atoms with Crippen LogP contribution in [0.1, 0.15) is 51.6 Å². The Kier molecular flexibility index (Phi) is 5.99. The number of nitrogens with one attached hydrogen (secondary N) is 1. The lowest BCUT2D eigenvalue weighted by atomic mass is 9.78. The van der Waals surface area contributed by atoms with E-state index in [4.69, 9.17) is 9.47 Å². The van der Waals surface area contributed by atoms with Gasteiger partial charge in [0.2, 0.25) is 5.88 Å². The minimum atomic E-state index is -0.708. The molecular weight excluding hydrogens is 292 g/mol. The molecule has 1 amide bonds. The van der Waals surface area contributed by atoms with Crippen molar-refractivity contribution in [3.05, 3.63) is 17.8 Å². The third kappa shape index (κ3) is 4.22. The lowest BCUT2D eigenvalue weighted by Gasteiger charge is -2.38. The Hall–Kier alpha value is -1.62. The fourth-order valence-corrected chi connectivity index (χ4v) is 3.22. The molecule has 0 aromatic carbocycles. The number of carbonyl (C=O) groups excluding carboxylic acids is 1. The molecule has 128 valence electrons. The Bertz CT molecular complexity index is 547. The van der Waals surface area contributed by atoms with E-state index in [2.05, 4.69) is 24.1 Å². The third-order valence-electron chi connectivity index (χ3n) is 4.47. The highest BCUT2D eigenvalue weighted by Crippen LogP contribution is 2.36. The predicted molar refractivity (Wildman–Crippen MR) is 90.8 cm³/mol. The summed E-state index contributed by atoms with van der Waals surface area (Å²) in [5.41, 5.74) is 0.751. The molecule has 1 aromatic rings. The number of methoxy groups -OCH3 is 1. The summed E-state index contributed by atoms with van der Waals surface area (Å²) in [7, 11) is 1.58. The highest BCUT2D eigenvalue weighted by Gasteiger charge is 2.42. The van der Waals surface area contributed by atoms with Crippen LogP contribution in [-0.4, -0.2) is 30.2 Å². The SMILES string of the molecule is CCCO[C@]1(C(=O)Nc2ccc(OC)nc2C)CCC[C@@H](C)C1. The van der Waals surface area contributed by atoms with Gasteiger partial charge in [-0.05, 0) is 44.6 Å². The maximum Gasteiger partial charge on any atom is 0.256 e. The first-order valence-corrected chi connectivity index (χ1v) is 8.48. The highest BCUT2D eigenvalue weighted by atomic mass is 16.5. The van der Waals surface area contributed by atoms with Crippen molar-refractivity contribution in [1.29, 1.82) is 0 Å². The molecule has 0 saturated heterocycles. The van der Waals surface area contributed by atoms with E-state index in [-0.39, 0.29) is 5.91 Å². The molecule has 0 unspecified atom stereocenters. The quantitative estimate of drug-likeness (QED) is 0.868. The number of amides is 1. The van der Waals surface area contributed by atoms with Crippen molar-refractivity contribution in [1.82, 2.24) is 4.98 Å². The zero-order valence-electron chi connectivity index (χ0n) is 14.6. The zero-order valence-corrected chi connectivity index (χ0v) is 14.6. The van der Waals surface area contributed by atoms with Crippen LogP contribution in [0.15, 0.2) is 12.1 Å². The molecule has 1 fully saturated rings. The Morgan fingerprint density at radius 2 is 2.26 bits per heavy atom. The molecular formula is C18H28N2O3. The van der Waals surface area contributed by atoms with Crippen LogP contribution in [-0.2, 0) is 9.53 Å². The Labute approximate surface area is 138 Å². The molecule has 1 aliphatic rings. The molecule has 0 bridgehead atoms. The van der Waals surface area contributed by atoms with Gasteiger partial charge in [-0.3, -0.25) is 4.79 Å². The summed E-state index contributed by atoms with van der Waals surface area (Å²) in [5.74, 6) is 0.998. The van der Waals surface area contributed by atoms with E-state index >= 15 is 0 Å². The van der Waals surface area contributed by atoms with Gasteiger partial charge in [0.1, 0.15) is 5.60 Å². The molecule has 1 heterocycles. The smallest absolute Gasteiger partial charge is 0.256 e. The lowest BCUT2D eigenvalue weighted by Crippen LogP contribution is -2.49. The van der Waals surface area contributed by atoms with E-state index in [1.54, 1.807) is 13.2 Å². The molecule has 1 saturated carbocycles. The van der Waals surface area contributed by atoms with Gasteiger partial charge in [0.05, 0.1) is 18.5 Å². The Morgan fingerprint density at radius 3 is 2.87 bits per heavy atom. The normalized spacial score (nSPS) is 24.3. The van der Waals surface area contributed by atoms with E-state index in [0.29, 0.717) is 24.1 Å². The second-order valence-corrected chi connectivity index (χ2v) is 6.48. The van der Waals surface area contributed by atoms with Gasteiger partial charge in [-0.15, -0.1) is 0 Å². The minimum absolute atomic E-state index is 0.0485. The molecule has 1 aromatic heterocycles. The number of hydrogen-bond donors (Lipinski definition) is 1. The van der Waals surface area contributed by atoms with Gasteiger partial charge < -0.3 is 14.8 Å². The van der Waals surface area contributed by atoms with Gasteiger partial charge in [0.25, 0.3) is 5.91 Å². The summed E-state index contributed by atoms with van der Waals surface area (Å²) in [4.78, 5) is 17.3. The maximum atomic E-state index is 13.0. The van der Waals surface area contributed by atoms with E-state index < -0.39 is 5.60 Å². The summed E-state index contributed by atoms with van der Waals surface area (Å²) >= 11 is 0. The van der Waals surface area contributed by atoms with Crippen molar-refractivity contribution in [3.8, 4) is 5.88 Å². The first-order chi connectivity index (χ1) is 11.0. The lowest BCUT2D eigenvalue weighted by molar-refractivity contribution is -0.148. The van der Waals surface area contributed by atoms with E-state index in [0.717, 1.165) is 37.8 Å². The number of anilines is 1. The van der Waals surface area contributed by atoms with Gasteiger partial charge in [-0.25, -0.2) is 4.98 Å². The second-order valence-electron chi connectivity index (χ2n) is 6.48. The van der Waals surface area contributed by atoms with Gasteiger partial charge in [0.15, 0.2) is 0 Å². The van der Waals surface area contributed by atoms with Crippen LogP contribution in [0.3, 0.4) is 0 Å². The van der Waals surface area contributed by atoms with E-state index in [1.807, 2.05) is 13.0 Å². The minimum Gasteiger partial charge on any atom is -0.481 e. The number of pyridine rings is 1. The number of hydrogen-bond acceptors (Lipinski definition) is 4. The molecule has 5 heteroatoms. The molecule has 5 nitrogen and oxygen atoms in total. The van der Waals surface area contributed by atoms with E-state index in [9.17, 15) is 4.79 Å². The monoisotopic (exact) mass is 320 g/mol. The third-order valence-corrected chi connectivity index (χ3v) is 4.47. The standard InChI is InChI=1S/C18H28N2O3/c1-5-11-23-18(10-6-7-13(2)12-18)17(21)20-15-8-9-16(22-4)19-14(15)3/h8-9,13H,5-7,10-12H2,1-4H3,(H,20,21)/t13-,18-/m1/s1. The largest absolute Gasteiger partial charge is 0.481 e. The average Bonchev–Trinajstić information content (AvgIpc) is 2.54. The summed E-state index contributed by atoms with van der Waals surface area (Å²) in [6.07, 6.45) is 4.66. The first kappa shape index (κ1) is 17.7. The van der Waals surface area contributed by atoms with Crippen LogP contribution in [0.5, 0.6) is 5.88 Å². The predicted octanol–water partition coefficient (Wildman–Crippen LogP) is 3.71. The van der Waals surface area contributed by atoms with Gasteiger partial charge in [-0.1, -0.05) is 20.3 Å². The summed E-state index contributed by atoms with van der Waals surface area (Å²) in [6, 6.07) is 3.59. The number of rotatable bonds is 6. The van der Waals surface area contributed by atoms with Gasteiger partial charge in [-0.2, -0.15) is 0 Å². The van der Waals surface area contributed by atoms with Crippen LogP contribution in [0, 0.1) is 12.8 Å². The number of nitrogens with zero attached hydrogens (tertiary/aromatic N) is 1. The molecule has 1 N–H and O–H groups in total. The molecule has 2 rings (SSSR count). The maximum absolute atomic E-state index is 13.0. The van der Waals surface area contributed by atoms with Crippen LogP contribution in [0.4, 0.5) is 5.69 Å². The number of ether oxygens (including phenoxy) is 2. The highest BCUT2D eigenvalue weighted by molar-refractivity contribution is 5.97. The molecule has 23 heavy (non-hydrogen) atoms. The Balaban J connectivity index is 2.17. The van der Waals surface area contributed by atoms with Crippen molar-refractivity contribution in [2.45, 2.75) is 58.5 Å². The van der Waals surface area contributed by atoms with E-state index in [1.165, 1.54) is 0 Å². The molecule has 1 aliphatic carbocycles. The summed E-state index contributed by atoms with van der Waals surface area (Å²) in [6.45, 7) is 6.73. The van der Waals surface area contributed by atoms with Crippen molar-refractivity contribution in [2.75, 3.05) is 19.0 Å². The zero-order chi connectivity index (χ0) is 16.9. The van der Waals surface area contributed by atoms with Crippen molar-refractivity contribution in [3.63, 3.8) is 0 Å². The van der Waals surface area contributed by atoms with Crippen molar-refractivity contribution >= 4 is 11.6 Å². The Morgan fingerprint density at radius 1 is 1.48 bits per heavy atom. The average molecular weight is 320 g/mol. The van der Waals surface area contributed by atoms with Crippen LogP contribution in [0.2, 0.25) is 0 Å². The molecule has 2 atom stereocenters. The van der Waals surface area contributed by atoms with Crippen LogP contribution >= 0.6 is 0 Å². The fraction of sp³-hybridized carbons (Fsp3) is 0.667. The topological polar surface area (TPSA) is 60.5 Å². The first-order valence-electron chi connectivity index (χ1n) is 8.48. The van der Waals surface area contributed by atoms with Crippen molar-refractivity contribution in [2.24, 2.45) is 5.92 Å². The summed E-state index contributed by atoms with van der Waals surface area (Å²) < 4.78 is 11.2. The number of carbonyl (C=O) groups is 1. The second kappa shape index (κ2) is 7.77. The number of aromatic nitrogens is 1. The molecule has 0 aliphatic heterocycles. The van der Waals surface area contributed by atoms with Gasteiger partial charge >= 0.3 is 0 Å². The van der Waals surface area contributed by atoms with Gasteiger partial charge in [0, 0.05) is 12.7 Å².